The highest BCUT2D eigenvalue weighted by molar-refractivity contribution is 5.80. The molecular weight excluding hydrogens is 238 g/mol. The molecule has 1 heterocycles. The first kappa shape index (κ1) is 12.0. The number of rotatable bonds is 2. The third-order valence-electron chi connectivity index (χ3n) is 6.10. The van der Waals surface area contributed by atoms with E-state index in [4.69, 9.17) is 5.11 Å². The molecule has 5 rings (SSSR count). The molecule has 4 aliphatic carbocycles. The van der Waals surface area contributed by atoms with Crippen molar-refractivity contribution in [3.05, 3.63) is 11.6 Å². The molecule has 0 aromatic heterocycles. The second-order valence-corrected chi connectivity index (χ2v) is 7.45. The second-order valence-electron chi connectivity index (χ2n) is 7.45. The van der Waals surface area contributed by atoms with Gasteiger partial charge in [-0.1, -0.05) is 0 Å². The average Bonchev–Trinajstić information content (AvgIpc) is 2.75. The maximum absolute atomic E-state index is 10.8. The maximum Gasteiger partial charge on any atom is 0.328 e. The Hall–Kier alpha value is -0.830. The summed E-state index contributed by atoms with van der Waals surface area (Å²) < 4.78 is 0. The van der Waals surface area contributed by atoms with Crippen molar-refractivity contribution in [2.75, 3.05) is 13.1 Å². The first-order chi connectivity index (χ1) is 9.13. The highest BCUT2D eigenvalue weighted by Gasteiger charge is 2.53. The fourth-order valence-corrected chi connectivity index (χ4v) is 5.83. The Labute approximate surface area is 114 Å². The Bertz CT molecular complexity index is 405. The fraction of sp³-hybridized carbons (Fsp3) is 0.812. The zero-order chi connectivity index (χ0) is 13.0. The van der Waals surface area contributed by atoms with Gasteiger partial charge in [0.25, 0.3) is 0 Å². The lowest BCUT2D eigenvalue weighted by Crippen LogP contribution is -2.59. The van der Waals surface area contributed by atoms with Crippen LogP contribution in [0.2, 0.25) is 0 Å². The first-order valence-electron chi connectivity index (χ1n) is 7.80. The van der Waals surface area contributed by atoms with Crippen LogP contribution in [0.25, 0.3) is 0 Å². The summed E-state index contributed by atoms with van der Waals surface area (Å²) in [4.78, 5) is 13.5. The minimum atomic E-state index is -0.776. The van der Waals surface area contributed by atoms with Crippen molar-refractivity contribution < 1.29 is 9.90 Å². The minimum Gasteiger partial charge on any atom is -0.478 e. The van der Waals surface area contributed by atoms with Gasteiger partial charge < -0.3 is 5.11 Å². The Morgan fingerprint density at radius 1 is 1.16 bits per heavy atom. The van der Waals surface area contributed by atoms with Crippen LogP contribution < -0.4 is 0 Å². The Morgan fingerprint density at radius 3 is 2.26 bits per heavy atom. The van der Waals surface area contributed by atoms with Crippen LogP contribution in [0.5, 0.6) is 0 Å². The van der Waals surface area contributed by atoms with Crippen molar-refractivity contribution >= 4 is 5.97 Å². The lowest BCUT2D eigenvalue weighted by atomic mass is 9.52. The summed E-state index contributed by atoms with van der Waals surface area (Å²) in [5, 5.41) is 8.90. The van der Waals surface area contributed by atoms with E-state index in [0.29, 0.717) is 5.54 Å². The van der Waals surface area contributed by atoms with E-state index >= 15 is 0 Å². The molecular formula is C16H23NO2. The number of likely N-dealkylation sites (tertiary alicyclic amines) is 1. The maximum atomic E-state index is 10.8. The van der Waals surface area contributed by atoms with Gasteiger partial charge in [-0.25, -0.2) is 4.79 Å². The van der Waals surface area contributed by atoms with Crippen molar-refractivity contribution in [1.82, 2.24) is 4.90 Å². The minimum absolute atomic E-state index is 0.447. The van der Waals surface area contributed by atoms with E-state index in [0.717, 1.165) is 42.8 Å². The Kier molecular flexibility index (Phi) is 2.57. The summed E-state index contributed by atoms with van der Waals surface area (Å²) in [5.41, 5.74) is 1.58. The van der Waals surface area contributed by atoms with Gasteiger partial charge in [0.05, 0.1) is 0 Å². The summed E-state index contributed by atoms with van der Waals surface area (Å²) in [6.45, 7) is 2.00. The zero-order valence-electron chi connectivity index (χ0n) is 11.5. The molecule has 104 valence electrons. The molecule has 0 radical (unpaired) electrons. The van der Waals surface area contributed by atoms with E-state index in [1.165, 1.54) is 44.6 Å². The summed E-state index contributed by atoms with van der Waals surface area (Å²) >= 11 is 0. The SMILES string of the molecule is O=C(O)/C=C1\CCN(C23CC4CC(CC(C4)C2)C3)C1. The standard InChI is InChI=1S/C16H23NO2/c18-15(19)6-11-1-2-17(10-11)16-7-12-3-13(8-16)5-14(4-12)9-16/h6,12-14H,1-5,7-10H2,(H,18,19)/b11-6+. The molecule has 1 saturated heterocycles. The van der Waals surface area contributed by atoms with Crippen molar-refractivity contribution in [2.24, 2.45) is 17.8 Å². The first-order valence-corrected chi connectivity index (χ1v) is 7.80. The summed E-state index contributed by atoms with van der Waals surface area (Å²) in [6.07, 6.45) is 11.0. The Balaban J connectivity index is 1.55. The predicted molar refractivity (Wildman–Crippen MR) is 72.8 cm³/mol. The van der Waals surface area contributed by atoms with Crippen LogP contribution in [0.1, 0.15) is 44.9 Å². The van der Waals surface area contributed by atoms with Gasteiger partial charge >= 0.3 is 5.97 Å². The second kappa shape index (κ2) is 4.08. The molecule has 4 bridgehead atoms. The number of hydrogen-bond acceptors (Lipinski definition) is 2. The normalized spacial score (nSPS) is 47.2. The molecule has 4 saturated carbocycles. The van der Waals surface area contributed by atoms with E-state index in [9.17, 15) is 4.79 Å². The molecule has 0 amide bonds. The van der Waals surface area contributed by atoms with Crippen LogP contribution in [0, 0.1) is 17.8 Å². The molecule has 3 heteroatoms. The molecule has 5 fully saturated rings. The van der Waals surface area contributed by atoms with Gasteiger partial charge in [0.2, 0.25) is 0 Å². The van der Waals surface area contributed by atoms with Crippen LogP contribution in [-0.4, -0.2) is 34.6 Å². The van der Waals surface area contributed by atoms with Crippen molar-refractivity contribution in [3.63, 3.8) is 0 Å². The number of aliphatic carboxylic acids is 1. The average molecular weight is 261 g/mol. The molecule has 1 N–H and O–H groups in total. The van der Waals surface area contributed by atoms with Crippen molar-refractivity contribution in [2.45, 2.75) is 50.5 Å². The predicted octanol–water partition coefficient (Wildman–Crippen LogP) is 2.67. The van der Waals surface area contributed by atoms with Crippen LogP contribution >= 0.6 is 0 Å². The van der Waals surface area contributed by atoms with Crippen molar-refractivity contribution in [3.8, 4) is 0 Å². The van der Waals surface area contributed by atoms with Gasteiger partial charge in [-0.2, -0.15) is 0 Å². The molecule has 0 spiro atoms. The van der Waals surface area contributed by atoms with Gasteiger partial charge in [0.1, 0.15) is 0 Å². The number of carbonyl (C=O) groups is 1. The topological polar surface area (TPSA) is 40.5 Å². The largest absolute Gasteiger partial charge is 0.478 e. The number of carboxylic acid groups (broad SMARTS) is 1. The van der Waals surface area contributed by atoms with Gasteiger partial charge in [0, 0.05) is 24.7 Å². The van der Waals surface area contributed by atoms with Crippen molar-refractivity contribution in [1.29, 1.82) is 0 Å². The van der Waals surface area contributed by atoms with Gasteiger partial charge in [-0.3, -0.25) is 4.90 Å². The van der Waals surface area contributed by atoms with Gasteiger partial charge in [-0.15, -0.1) is 0 Å². The number of hydrogen-bond donors (Lipinski definition) is 1. The summed E-state index contributed by atoms with van der Waals surface area (Å²) in [7, 11) is 0. The van der Waals surface area contributed by atoms with Crippen LogP contribution in [0.4, 0.5) is 0 Å². The lowest BCUT2D eigenvalue weighted by molar-refractivity contribution is -0.131. The molecule has 0 aromatic rings. The third kappa shape index (κ3) is 1.94. The van der Waals surface area contributed by atoms with E-state index < -0.39 is 5.97 Å². The quantitative estimate of drug-likeness (QED) is 0.777. The van der Waals surface area contributed by atoms with Crippen LogP contribution in [0.3, 0.4) is 0 Å². The zero-order valence-corrected chi connectivity index (χ0v) is 11.5. The smallest absolute Gasteiger partial charge is 0.328 e. The molecule has 0 aromatic carbocycles. The third-order valence-corrected chi connectivity index (χ3v) is 6.10. The van der Waals surface area contributed by atoms with Crippen LogP contribution in [-0.2, 0) is 4.79 Å². The highest BCUT2D eigenvalue weighted by Crippen LogP contribution is 2.58. The molecule has 5 aliphatic rings. The van der Waals surface area contributed by atoms with E-state index in [-0.39, 0.29) is 0 Å². The van der Waals surface area contributed by atoms with E-state index in [2.05, 4.69) is 4.90 Å². The monoisotopic (exact) mass is 261 g/mol. The summed E-state index contributed by atoms with van der Waals surface area (Å²) in [6, 6.07) is 0. The fourth-order valence-electron chi connectivity index (χ4n) is 5.83. The number of carboxylic acids is 1. The molecule has 3 nitrogen and oxygen atoms in total. The van der Waals surface area contributed by atoms with Gasteiger partial charge in [0.15, 0.2) is 0 Å². The van der Waals surface area contributed by atoms with E-state index in [1.807, 2.05) is 0 Å². The highest BCUT2D eigenvalue weighted by atomic mass is 16.4. The molecule has 1 aliphatic heterocycles. The van der Waals surface area contributed by atoms with Gasteiger partial charge in [-0.05, 0) is 68.3 Å². The Morgan fingerprint density at radius 2 is 1.74 bits per heavy atom. The lowest BCUT2D eigenvalue weighted by Gasteiger charge is -2.60. The van der Waals surface area contributed by atoms with Crippen LogP contribution in [0.15, 0.2) is 11.6 Å². The molecule has 0 unspecified atom stereocenters. The number of nitrogens with zero attached hydrogens (tertiary/aromatic N) is 1. The van der Waals surface area contributed by atoms with E-state index in [1.54, 1.807) is 0 Å². The molecule has 19 heavy (non-hydrogen) atoms. The summed E-state index contributed by atoms with van der Waals surface area (Å²) in [5.74, 6) is 2.14. The molecule has 0 atom stereocenters.